The minimum Gasteiger partial charge on any atom is -0.337 e. The van der Waals surface area contributed by atoms with Crippen LogP contribution < -0.4 is 5.56 Å². The molecule has 0 saturated carbocycles. The van der Waals surface area contributed by atoms with Crippen molar-refractivity contribution in [2.75, 3.05) is 7.05 Å². The van der Waals surface area contributed by atoms with E-state index in [9.17, 15) is 9.59 Å². The lowest BCUT2D eigenvalue weighted by molar-refractivity contribution is 0.0782. The highest BCUT2D eigenvalue weighted by Gasteiger charge is 2.18. The molecular weight excluding hydrogens is 338 g/mol. The fourth-order valence-electron chi connectivity index (χ4n) is 2.65. The highest BCUT2D eigenvalue weighted by Crippen LogP contribution is 2.15. The fraction of sp³-hybridized carbons (Fsp3) is 0.118. The second kappa shape index (κ2) is 6.06. The normalized spacial score (nSPS) is 11.1. The van der Waals surface area contributed by atoms with E-state index in [1.807, 2.05) is 18.2 Å². The number of hydrogen-bond donors (Lipinski definition) is 0. The first kappa shape index (κ1) is 15.4. The number of carbonyl (C=O) groups is 1. The molecule has 0 aliphatic heterocycles. The first-order valence-corrected chi connectivity index (χ1v) is 8.29. The van der Waals surface area contributed by atoms with Crippen LogP contribution in [0.25, 0.3) is 16.7 Å². The Labute approximate surface area is 146 Å². The Morgan fingerprint density at radius 1 is 1.20 bits per heavy atom. The molecule has 0 unspecified atom stereocenters. The number of nitrogens with zero attached hydrogens (tertiary/aromatic N) is 5. The number of carbonyl (C=O) groups excluding carboxylic acids is 1. The molecule has 0 aliphatic carbocycles. The first-order chi connectivity index (χ1) is 12.1. The second-order valence-electron chi connectivity index (χ2n) is 5.65. The van der Waals surface area contributed by atoms with E-state index in [2.05, 4.69) is 13.7 Å². The molecule has 1 aromatic carbocycles. The number of aromatic nitrogens is 4. The highest BCUT2D eigenvalue weighted by molar-refractivity contribution is 7.00. The van der Waals surface area contributed by atoms with Crippen LogP contribution in [-0.4, -0.2) is 36.0 Å². The quantitative estimate of drug-likeness (QED) is 0.564. The van der Waals surface area contributed by atoms with E-state index in [1.54, 1.807) is 31.4 Å². The Kier molecular flexibility index (Phi) is 3.73. The van der Waals surface area contributed by atoms with Crippen LogP contribution in [0.2, 0.25) is 0 Å². The molecule has 0 fully saturated rings. The van der Waals surface area contributed by atoms with E-state index in [-0.39, 0.29) is 17.0 Å². The zero-order valence-electron chi connectivity index (χ0n) is 13.3. The minimum atomic E-state index is -0.374. The lowest BCUT2D eigenvalue weighted by Gasteiger charge is -2.17. The Hall–Kier alpha value is -3.13. The number of benzene rings is 1. The van der Waals surface area contributed by atoms with Crippen molar-refractivity contribution in [3.8, 4) is 0 Å². The Morgan fingerprint density at radius 3 is 2.92 bits per heavy atom. The van der Waals surface area contributed by atoms with Crippen molar-refractivity contribution < 1.29 is 4.79 Å². The van der Waals surface area contributed by atoms with Crippen molar-refractivity contribution >= 4 is 34.3 Å². The van der Waals surface area contributed by atoms with Crippen LogP contribution in [0.5, 0.6) is 0 Å². The van der Waals surface area contributed by atoms with E-state index in [4.69, 9.17) is 0 Å². The minimum absolute atomic E-state index is 0.0441. The van der Waals surface area contributed by atoms with Gasteiger partial charge in [-0.1, -0.05) is 12.1 Å². The van der Waals surface area contributed by atoms with Crippen molar-refractivity contribution in [2.24, 2.45) is 0 Å². The van der Waals surface area contributed by atoms with Gasteiger partial charge in [0.15, 0.2) is 0 Å². The predicted octanol–water partition coefficient (Wildman–Crippen LogP) is 1.97. The van der Waals surface area contributed by atoms with Crippen molar-refractivity contribution in [1.82, 2.24) is 23.0 Å². The molecule has 0 radical (unpaired) electrons. The number of pyridine rings is 1. The standard InChI is InChI=1S/C17H13N5O2S/c1-21(10-11-5-6-13-14(8-11)20-25-19-13)16(23)12-9-18-15-4-2-3-7-22(15)17(12)24/h2-9H,10H2,1H3. The third-order valence-electron chi connectivity index (χ3n) is 3.93. The molecule has 0 N–H and O–H groups in total. The maximum Gasteiger partial charge on any atom is 0.270 e. The van der Waals surface area contributed by atoms with E-state index in [1.165, 1.54) is 15.5 Å². The van der Waals surface area contributed by atoms with Gasteiger partial charge < -0.3 is 4.90 Å². The Bertz CT molecular complexity index is 1150. The summed E-state index contributed by atoms with van der Waals surface area (Å²) in [5, 5.41) is 0. The summed E-state index contributed by atoms with van der Waals surface area (Å²) in [5.41, 5.74) is 2.73. The molecule has 8 heteroatoms. The average Bonchev–Trinajstić information content (AvgIpc) is 3.09. The summed E-state index contributed by atoms with van der Waals surface area (Å²) in [6.07, 6.45) is 2.94. The van der Waals surface area contributed by atoms with Crippen LogP contribution in [0.1, 0.15) is 15.9 Å². The average molecular weight is 351 g/mol. The molecule has 3 aromatic heterocycles. The summed E-state index contributed by atoms with van der Waals surface area (Å²) >= 11 is 1.15. The largest absolute Gasteiger partial charge is 0.337 e. The second-order valence-corrected chi connectivity index (χ2v) is 6.18. The van der Waals surface area contributed by atoms with Crippen molar-refractivity contribution in [3.05, 3.63) is 70.3 Å². The van der Waals surface area contributed by atoms with Gasteiger partial charge in [-0.05, 0) is 29.8 Å². The Balaban J connectivity index is 1.63. The SMILES string of the molecule is CN(Cc1ccc2nsnc2c1)C(=O)c1cnc2ccccn2c1=O. The van der Waals surface area contributed by atoms with Crippen LogP contribution >= 0.6 is 11.7 Å². The number of hydrogen-bond acceptors (Lipinski definition) is 6. The molecule has 3 heterocycles. The molecule has 1 amide bonds. The molecule has 4 aromatic rings. The van der Waals surface area contributed by atoms with Gasteiger partial charge in [-0.2, -0.15) is 8.75 Å². The van der Waals surface area contributed by atoms with Crippen LogP contribution in [0.4, 0.5) is 0 Å². The molecule has 124 valence electrons. The van der Waals surface area contributed by atoms with Crippen LogP contribution in [-0.2, 0) is 6.54 Å². The smallest absolute Gasteiger partial charge is 0.270 e. The Morgan fingerprint density at radius 2 is 2.04 bits per heavy atom. The van der Waals surface area contributed by atoms with Gasteiger partial charge in [0.05, 0.1) is 11.7 Å². The molecule has 25 heavy (non-hydrogen) atoms. The number of amides is 1. The van der Waals surface area contributed by atoms with Crippen LogP contribution in [0, 0.1) is 0 Å². The molecule has 0 bridgehead atoms. The zero-order chi connectivity index (χ0) is 17.4. The predicted molar refractivity (Wildman–Crippen MR) is 94.7 cm³/mol. The van der Waals surface area contributed by atoms with Crippen molar-refractivity contribution in [1.29, 1.82) is 0 Å². The summed E-state index contributed by atoms with van der Waals surface area (Å²) in [5.74, 6) is -0.368. The fourth-order valence-corrected chi connectivity index (χ4v) is 3.17. The maximum atomic E-state index is 12.7. The topological polar surface area (TPSA) is 80.5 Å². The number of rotatable bonds is 3. The third kappa shape index (κ3) is 2.76. The third-order valence-corrected chi connectivity index (χ3v) is 4.49. The van der Waals surface area contributed by atoms with Gasteiger partial charge in [-0.25, -0.2) is 4.98 Å². The van der Waals surface area contributed by atoms with Gasteiger partial charge in [0.25, 0.3) is 11.5 Å². The van der Waals surface area contributed by atoms with Gasteiger partial charge in [0.1, 0.15) is 22.2 Å². The van der Waals surface area contributed by atoms with Crippen molar-refractivity contribution in [3.63, 3.8) is 0 Å². The lowest BCUT2D eigenvalue weighted by Crippen LogP contribution is -2.32. The monoisotopic (exact) mass is 351 g/mol. The van der Waals surface area contributed by atoms with Gasteiger partial charge in [0, 0.05) is 26.0 Å². The van der Waals surface area contributed by atoms with Crippen molar-refractivity contribution in [2.45, 2.75) is 6.54 Å². The highest BCUT2D eigenvalue weighted by atomic mass is 32.1. The van der Waals surface area contributed by atoms with Gasteiger partial charge in [-0.3, -0.25) is 14.0 Å². The molecule has 0 atom stereocenters. The van der Waals surface area contributed by atoms with E-state index in [0.29, 0.717) is 12.2 Å². The van der Waals surface area contributed by atoms with Gasteiger partial charge >= 0.3 is 0 Å². The summed E-state index contributed by atoms with van der Waals surface area (Å²) in [6, 6.07) is 10.9. The molecule has 0 spiro atoms. The van der Waals surface area contributed by atoms with E-state index in [0.717, 1.165) is 28.3 Å². The summed E-state index contributed by atoms with van der Waals surface area (Å²) in [4.78, 5) is 30.9. The number of fused-ring (bicyclic) bond motifs is 2. The van der Waals surface area contributed by atoms with Crippen LogP contribution in [0.3, 0.4) is 0 Å². The lowest BCUT2D eigenvalue weighted by atomic mass is 10.2. The van der Waals surface area contributed by atoms with Gasteiger partial charge in [0.2, 0.25) is 0 Å². The van der Waals surface area contributed by atoms with Gasteiger partial charge in [-0.15, -0.1) is 0 Å². The van der Waals surface area contributed by atoms with E-state index >= 15 is 0 Å². The molecular formula is C17H13N5O2S. The summed E-state index contributed by atoms with van der Waals surface area (Å²) in [6.45, 7) is 0.364. The first-order valence-electron chi connectivity index (χ1n) is 7.56. The molecule has 0 saturated heterocycles. The maximum absolute atomic E-state index is 12.7. The molecule has 0 aliphatic rings. The summed E-state index contributed by atoms with van der Waals surface area (Å²) in [7, 11) is 1.66. The zero-order valence-corrected chi connectivity index (χ0v) is 14.1. The van der Waals surface area contributed by atoms with Crippen LogP contribution in [0.15, 0.2) is 53.6 Å². The molecule has 4 rings (SSSR count). The summed E-state index contributed by atoms with van der Waals surface area (Å²) < 4.78 is 9.73. The molecule has 7 nitrogen and oxygen atoms in total. The van der Waals surface area contributed by atoms with E-state index < -0.39 is 0 Å².